The van der Waals surface area contributed by atoms with Crippen molar-refractivity contribution in [3.63, 3.8) is 0 Å². The zero-order chi connectivity index (χ0) is 20.9. The minimum Gasteiger partial charge on any atom is -0.481 e. The normalized spacial score (nSPS) is 15.4. The van der Waals surface area contributed by atoms with Crippen molar-refractivity contribution in [3.8, 4) is 11.5 Å². The Hall–Kier alpha value is -1.97. The zero-order valence-electron chi connectivity index (χ0n) is 16.5. The van der Waals surface area contributed by atoms with Crippen LogP contribution in [0.25, 0.3) is 0 Å². The van der Waals surface area contributed by atoms with Gasteiger partial charge in [-0.05, 0) is 47.6 Å². The lowest BCUT2D eigenvalue weighted by atomic mass is 9.59. The van der Waals surface area contributed by atoms with Crippen LogP contribution in [0.15, 0.2) is 65.2 Å². The smallest absolute Gasteiger partial charge is 0.311 e. The third-order valence-corrected chi connectivity index (χ3v) is 5.76. The third-order valence-electron chi connectivity index (χ3n) is 5.51. The van der Waals surface area contributed by atoms with E-state index >= 15 is 0 Å². The van der Waals surface area contributed by atoms with Gasteiger partial charge in [0.25, 0.3) is 0 Å². The number of ether oxygens (including phenoxy) is 1. The molecule has 0 saturated heterocycles. The van der Waals surface area contributed by atoms with Gasteiger partial charge in [-0.25, -0.2) is 0 Å². The van der Waals surface area contributed by atoms with Gasteiger partial charge in [-0.1, -0.05) is 87.3 Å². The Morgan fingerprint density at radius 2 is 1.61 bits per heavy atom. The summed E-state index contributed by atoms with van der Waals surface area (Å²) in [5.41, 5.74) is -0.198. The molecule has 0 amide bonds. The SMILES string of the molecule is CC(C)C(C(=O)O)(C(C)C=C(Cl)Cl)C(C)c1cccc(Oc2ccccc2)c1. The first kappa shape index (κ1) is 22.3. The molecule has 28 heavy (non-hydrogen) atoms. The van der Waals surface area contributed by atoms with Crippen molar-refractivity contribution in [1.82, 2.24) is 0 Å². The predicted molar refractivity (Wildman–Crippen MR) is 115 cm³/mol. The molecule has 2 rings (SSSR count). The maximum absolute atomic E-state index is 12.5. The highest BCUT2D eigenvalue weighted by atomic mass is 35.5. The van der Waals surface area contributed by atoms with E-state index in [0.717, 1.165) is 11.3 Å². The van der Waals surface area contributed by atoms with E-state index in [1.165, 1.54) is 0 Å². The molecule has 2 aromatic carbocycles. The second-order valence-corrected chi connectivity index (χ2v) is 8.36. The Balaban J connectivity index is 2.47. The lowest BCUT2D eigenvalue weighted by Crippen LogP contribution is -2.46. The second kappa shape index (κ2) is 9.49. The van der Waals surface area contributed by atoms with Crippen LogP contribution in [0.4, 0.5) is 0 Å². The standard InChI is InChI=1S/C23H26Cl2O3/c1-15(2)23(22(26)27,16(3)13-21(24)25)17(4)18-9-8-12-20(14-18)28-19-10-6-5-7-11-19/h5-17H,1-4H3,(H,26,27). The van der Waals surface area contributed by atoms with Crippen molar-refractivity contribution in [3.05, 3.63) is 70.7 Å². The van der Waals surface area contributed by atoms with Crippen LogP contribution < -0.4 is 4.74 Å². The predicted octanol–water partition coefficient (Wildman–Crippen LogP) is 7.26. The van der Waals surface area contributed by atoms with Crippen molar-refractivity contribution in [2.24, 2.45) is 17.3 Å². The van der Waals surface area contributed by atoms with Crippen LogP contribution >= 0.6 is 23.2 Å². The van der Waals surface area contributed by atoms with E-state index in [4.69, 9.17) is 27.9 Å². The van der Waals surface area contributed by atoms with Gasteiger partial charge in [0, 0.05) is 0 Å². The molecule has 0 aliphatic rings. The molecule has 0 saturated carbocycles. The fourth-order valence-corrected chi connectivity index (χ4v) is 4.50. The van der Waals surface area contributed by atoms with Crippen LogP contribution in [0.3, 0.4) is 0 Å². The van der Waals surface area contributed by atoms with Gasteiger partial charge in [-0.3, -0.25) is 4.79 Å². The fourth-order valence-electron chi connectivity index (χ4n) is 4.12. The Labute approximate surface area is 176 Å². The number of benzene rings is 2. The molecule has 0 aromatic heterocycles. The first-order valence-electron chi connectivity index (χ1n) is 9.28. The summed E-state index contributed by atoms with van der Waals surface area (Å²) < 4.78 is 6.00. The van der Waals surface area contributed by atoms with E-state index < -0.39 is 11.4 Å². The zero-order valence-corrected chi connectivity index (χ0v) is 18.0. The Morgan fingerprint density at radius 3 is 2.14 bits per heavy atom. The molecule has 2 aromatic rings. The molecule has 5 heteroatoms. The van der Waals surface area contributed by atoms with Gasteiger partial charge in [0.1, 0.15) is 16.0 Å². The molecule has 0 bridgehead atoms. The van der Waals surface area contributed by atoms with Gasteiger partial charge < -0.3 is 9.84 Å². The number of allylic oxidation sites excluding steroid dienone is 1. The van der Waals surface area contributed by atoms with Gasteiger partial charge in [-0.15, -0.1) is 0 Å². The number of carboxylic acids is 1. The van der Waals surface area contributed by atoms with Crippen LogP contribution in [0, 0.1) is 17.3 Å². The van der Waals surface area contributed by atoms with E-state index in [2.05, 4.69) is 0 Å². The van der Waals surface area contributed by atoms with Crippen molar-refractivity contribution in [2.75, 3.05) is 0 Å². The quantitative estimate of drug-likeness (QED) is 0.488. The molecule has 0 aliphatic heterocycles. The van der Waals surface area contributed by atoms with Crippen LogP contribution in [0.2, 0.25) is 0 Å². The lowest BCUT2D eigenvalue weighted by Gasteiger charge is -2.43. The number of hydrogen-bond donors (Lipinski definition) is 1. The summed E-state index contributed by atoms with van der Waals surface area (Å²) in [7, 11) is 0. The average Bonchev–Trinajstić information content (AvgIpc) is 2.62. The first-order chi connectivity index (χ1) is 13.2. The summed E-state index contributed by atoms with van der Waals surface area (Å²) in [6, 6.07) is 17.1. The van der Waals surface area contributed by atoms with Gasteiger partial charge in [0.15, 0.2) is 0 Å². The van der Waals surface area contributed by atoms with Gasteiger partial charge in [0.05, 0.1) is 5.41 Å². The minimum absolute atomic E-state index is 0.0761. The number of carboxylic acid groups (broad SMARTS) is 1. The molecule has 0 radical (unpaired) electrons. The van der Waals surface area contributed by atoms with E-state index in [-0.39, 0.29) is 22.2 Å². The van der Waals surface area contributed by atoms with Gasteiger partial charge >= 0.3 is 5.97 Å². The Bertz CT molecular complexity index is 829. The number of rotatable bonds is 8. The fraction of sp³-hybridized carbons (Fsp3) is 0.348. The molecule has 1 N–H and O–H groups in total. The molecule has 3 atom stereocenters. The van der Waals surface area contributed by atoms with E-state index in [0.29, 0.717) is 5.75 Å². The molecule has 3 nitrogen and oxygen atoms in total. The lowest BCUT2D eigenvalue weighted by molar-refractivity contribution is -0.156. The van der Waals surface area contributed by atoms with E-state index in [9.17, 15) is 9.90 Å². The maximum atomic E-state index is 12.5. The van der Waals surface area contributed by atoms with Crippen molar-refractivity contribution >= 4 is 29.2 Å². The molecular weight excluding hydrogens is 395 g/mol. The summed E-state index contributed by atoms with van der Waals surface area (Å²) in [6.07, 6.45) is 1.61. The highest BCUT2D eigenvalue weighted by Gasteiger charge is 2.50. The summed E-state index contributed by atoms with van der Waals surface area (Å²) >= 11 is 11.7. The monoisotopic (exact) mass is 420 g/mol. The van der Waals surface area contributed by atoms with Gasteiger partial charge in [0.2, 0.25) is 0 Å². The molecule has 3 unspecified atom stereocenters. The van der Waals surface area contributed by atoms with Gasteiger partial charge in [-0.2, -0.15) is 0 Å². The highest BCUT2D eigenvalue weighted by Crippen LogP contribution is 2.49. The topological polar surface area (TPSA) is 46.5 Å². The highest BCUT2D eigenvalue weighted by molar-refractivity contribution is 6.55. The summed E-state index contributed by atoms with van der Waals surface area (Å²) in [5, 5.41) is 10.3. The summed E-state index contributed by atoms with van der Waals surface area (Å²) in [6.45, 7) is 7.62. The van der Waals surface area contributed by atoms with Crippen molar-refractivity contribution in [2.45, 2.75) is 33.6 Å². The third kappa shape index (κ3) is 4.71. The molecular formula is C23H26Cl2O3. The van der Waals surface area contributed by atoms with Crippen LogP contribution in [-0.2, 0) is 4.79 Å². The minimum atomic E-state index is -1.08. The molecule has 0 aliphatic carbocycles. The van der Waals surface area contributed by atoms with Crippen molar-refractivity contribution < 1.29 is 14.6 Å². The van der Waals surface area contributed by atoms with Crippen molar-refractivity contribution in [1.29, 1.82) is 0 Å². The Morgan fingerprint density at radius 1 is 1.00 bits per heavy atom. The van der Waals surface area contributed by atoms with Crippen LogP contribution in [0.1, 0.15) is 39.2 Å². The Kier molecular flexibility index (Phi) is 7.56. The second-order valence-electron chi connectivity index (χ2n) is 7.35. The largest absolute Gasteiger partial charge is 0.481 e. The molecule has 0 fully saturated rings. The number of hydrogen-bond acceptors (Lipinski definition) is 2. The maximum Gasteiger partial charge on any atom is 0.311 e. The van der Waals surface area contributed by atoms with Crippen LogP contribution in [0.5, 0.6) is 11.5 Å². The molecule has 150 valence electrons. The number of para-hydroxylation sites is 1. The summed E-state index contributed by atoms with van der Waals surface area (Å²) in [5.74, 6) is -0.310. The van der Waals surface area contributed by atoms with E-state index in [1.807, 2.05) is 82.3 Å². The first-order valence-corrected chi connectivity index (χ1v) is 10.0. The number of aliphatic carboxylic acids is 1. The van der Waals surface area contributed by atoms with E-state index in [1.54, 1.807) is 6.08 Å². The number of halogens is 2. The molecule has 0 spiro atoms. The molecule has 0 heterocycles. The van der Waals surface area contributed by atoms with Crippen LogP contribution in [-0.4, -0.2) is 11.1 Å². The average molecular weight is 421 g/mol. The summed E-state index contributed by atoms with van der Waals surface area (Å²) in [4.78, 5) is 12.5. The number of carbonyl (C=O) groups is 1.